The van der Waals surface area contributed by atoms with Gasteiger partial charge < -0.3 is 14.6 Å². The highest BCUT2D eigenvalue weighted by molar-refractivity contribution is 5.22. The fraction of sp³-hybridized carbons (Fsp3) is 0.857. The number of hydrogen-bond donors (Lipinski definition) is 1. The summed E-state index contributed by atoms with van der Waals surface area (Å²) in [5.74, 6) is -0.317. The summed E-state index contributed by atoms with van der Waals surface area (Å²) >= 11 is 0. The molecule has 3 aliphatic rings. The summed E-state index contributed by atoms with van der Waals surface area (Å²) in [6, 6.07) is 0. The van der Waals surface area contributed by atoms with E-state index in [4.69, 9.17) is 9.47 Å². The van der Waals surface area contributed by atoms with E-state index in [1.807, 2.05) is 0 Å². The molecule has 3 heteroatoms. The van der Waals surface area contributed by atoms with Crippen LogP contribution in [0.1, 0.15) is 44.9 Å². The van der Waals surface area contributed by atoms with Crippen LogP contribution in [0.5, 0.6) is 0 Å². The van der Waals surface area contributed by atoms with E-state index in [9.17, 15) is 5.11 Å². The molecule has 3 rings (SSSR count). The summed E-state index contributed by atoms with van der Waals surface area (Å²) in [6.07, 6.45) is 9.99. The van der Waals surface area contributed by atoms with Crippen LogP contribution in [-0.4, -0.2) is 30.7 Å². The van der Waals surface area contributed by atoms with Crippen molar-refractivity contribution in [2.24, 2.45) is 5.41 Å². The fourth-order valence-electron chi connectivity index (χ4n) is 3.82. The molecular formula is C14H22O3. The maximum Gasteiger partial charge on any atom is 0.172 e. The normalized spacial score (nSPS) is 35.7. The Bertz CT molecular complexity index is 317. The second kappa shape index (κ2) is 4.38. The van der Waals surface area contributed by atoms with Crippen LogP contribution < -0.4 is 0 Å². The van der Waals surface area contributed by atoms with Crippen molar-refractivity contribution >= 4 is 0 Å². The summed E-state index contributed by atoms with van der Waals surface area (Å²) in [4.78, 5) is 0. The Hall–Kier alpha value is -0.380. The fourth-order valence-corrected chi connectivity index (χ4v) is 3.82. The average molecular weight is 238 g/mol. The van der Waals surface area contributed by atoms with E-state index in [1.54, 1.807) is 0 Å². The zero-order valence-corrected chi connectivity index (χ0v) is 10.4. The third kappa shape index (κ3) is 1.94. The van der Waals surface area contributed by atoms with Crippen LogP contribution in [-0.2, 0) is 9.47 Å². The quantitative estimate of drug-likeness (QED) is 0.751. The van der Waals surface area contributed by atoms with Gasteiger partial charge in [0.2, 0.25) is 0 Å². The second-order valence-corrected chi connectivity index (χ2v) is 5.66. The maximum absolute atomic E-state index is 9.32. The van der Waals surface area contributed by atoms with E-state index in [0.29, 0.717) is 6.61 Å². The lowest BCUT2D eigenvalue weighted by molar-refractivity contribution is -0.179. The largest absolute Gasteiger partial charge is 0.396 e. The van der Waals surface area contributed by atoms with Crippen LogP contribution >= 0.6 is 0 Å². The topological polar surface area (TPSA) is 38.7 Å². The minimum atomic E-state index is -0.317. The SMILES string of the molecule is OCCC12CCCC=C1CC1(CC2)OCCO1. The molecule has 1 unspecified atom stereocenters. The second-order valence-electron chi connectivity index (χ2n) is 5.66. The molecule has 1 spiro atoms. The highest BCUT2D eigenvalue weighted by Gasteiger charge is 2.49. The monoisotopic (exact) mass is 238 g/mol. The first kappa shape index (κ1) is 11.7. The molecule has 1 atom stereocenters. The lowest BCUT2D eigenvalue weighted by Gasteiger charge is -2.47. The van der Waals surface area contributed by atoms with Crippen LogP contribution in [0.4, 0.5) is 0 Å². The molecule has 1 aliphatic heterocycles. The molecule has 0 aromatic rings. The summed E-state index contributed by atoms with van der Waals surface area (Å²) in [7, 11) is 0. The van der Waals surface area contributed by atoms with Gasteiger partial charge in [-0.15, -0.1) is 0 Å². The Morgan fingerprint density at radius 2 is 2.00 bits per heavy atom. The summed E-state index contributed by atoms with van der Waals surface area (Å²) in [6.45, 7) is 1.77. The average Bonchev–Trinajstić information content (AvgIpc) is 2.79. The van der Waals surface area contributed by atoms with Crippen LogP contribution in [0.15, 0.2) is 11.6 Å². The van der Waals surface area contributed by atoms with E-state index in [1.165, 1.54) is 24.8 Å². The first-order chi connectivity index (χ1) is 8.29. The smallest absolute Gasteiger partial charge is 0.172 e. The molecule has 0 aromatic heterocycles. The van der Waals surface area contributed by atoms with Gasteiger partial charge >= 0.3 is 0 Å². The van der Waals surface area contributed by atoms with Crippen molar-refractivity contribution in [3.8, 4) is 0 Å². The third-order valence-electron chi connectivity index (χ3n) is 4.78. The van der Waals surface area contributed by atoms with Crippen molar-refractivity contribution in [2.75, 3.05) is 19.8 Å². The van der Waals surface area contributed by atoms with Gasteiger partial charge in [-0.1, -0.05) is 11.6 Å². The Labute approximate surface area is 103 Å². The summed E-state index contributed by atoms with van der Waals surface area (Å²) < 4.78 is 11.7. The first-order valence-corrected chi connectivity index (χ1v) is 6.87. The number of aliphatic hydroxyl groups is 1. The number of aliphatic hydroxyl groups excluding tert-OH is 1. The predicted molar refractivity (Wildman–Crippen MR) is 64.6 cm³/mol. The van der Waals surface area contributed by atoms with Gasteiger partial charge in [-0.25, -0.2) is 0 Å². The molecular weight excluding hydrogens is 216 g/mol. The van der Waals surface area contributed by atoms with Crippen molar-refractivity contribution in [2.45, 2.75) is 50.7 Å². The highest BCUT2D eigenvalue weighted by atomic mass is 16.7. The maximum atomic E-state index is 9.32. The first-order valence-electron chi connectivity index (χ1n) is 6.87. The van der Waals surface area contributed by atoms with Crippen molar-refractivity contribution < 1.29 is 14.6 Å². The van der Waals surface area contributed by atoms with E-state index < -0.39 is 0 Å². The zero-order valence-electron chi connectivity index (χ0n) is 10.4. The number of rotatable bonds is 2. The molecule has 0 aromatic carbocycles. The van der Waals surface area contributed by atoms with Gasteiger partial charge in [-0.3, -0.25) is 0 Å². The standard InChI is InChI=1S/C14H22O3/c15-8-7-13-4-2-1-3-12(13)11-14(6-5-13)16-9-10-17-14/h3,15H,1-2,4-11H2. The van der Waals surface area contributed by atoms with Gasteiger partial charge in [0.25, 0.3) is 0 Å². The lowest BCUT2D eigenvalue weighted by Crippen LogP contribution is -2.43. The molecule has 1 heterocycles. The molecule has 0 amide bonds. The van der Waals surface area contributed by atoms with Crippen molar-refractivity contribution in [1.82, 2.24) is 0 Å². The van der Waals surface area contributed by atoms with Gasteiger partial charge in [0.1, 0.15) is 0 Å². The Balaban J connectivity index is 1.83. The molecule has 0 bridgehead atoms. The van der Waals surface area contributed by atoms with Gasteiger partial charge in [0, 0.05) is 19.4 Å². The molecule has 1 N–H and O–H groups in total. The molecule has 2 fully saturated rings. The zero-order chi connectivity index (χ0) is 11.8. The van der Waals surface area contributed by atoms with Crippen molar-refractivity contribution in [3.05, 3.63) is 11.6 Å². The van der Waals surface area contributed by atoms with E-state index in [0.717, 1.165) is 38.9 Å². The van der Waals surface area contributed by atoms with Crippen LogP contribution in [0.2, 0.25) is 0 Å². The number of fused-ring (bicyclic) bond motifs is 1. The molecule has 1 saturated carbocycles. The summed E-state index contributed by atoms with van der Waals surface area (Å²) in [5.41, 5.74) is 1.75. The van der Waals surface area contributed by atoms with Gasteiger partial charge in [0.15, 0.2) is 5.79 Å². The predicted octanol–water partition coefficient (Wildman–Crippen LogP) is 2.39. The van der Waals surface area contributed by atoms with Crippen LogP contribution in [0.25, 0.3) is 0 Å². The number of ether oxygens (including phenoxy) is 2. The molecule has 0 radical (unpaired) electrons. The molecule has 17 heavy (non-hydrogen) atoms. The molecule has 2 aliphatic carbocycles. The van der Waals surface area contributed by atoms with Crippen molar-refractivity contribution in [3.63, 3.8) is 0 Å². The number of allylic oxidation sites excluding steroid dienone is 1. The molecule has 96 valence electrons. The van der Waals surface area contributed by atoms with Crippen LogP contribution in [0.3, 0.4) is 0 Å². The van der Waals surface area contributed by atoms with E-state index in [-0.39, 0.29) is 11.2 Å². The van der Waals surface area contributed by atoms with Crippen LogP contribution in [0, 0.1) is 5.41 Å². The number of hydrogen-bond acceptors (Lipinski definition) is 3. The Kier molecular flexibility index (Phi) is 3.01. The van der Waals surface area contributed by atoms with Gasteiger partial charge in [0.05, 0.1) is 13.2 Å². The Morgan fingerprint density at radius 1 is 1.18 bits per heavy atom. The lowest BCUT2D eigenvalue weighted by atomic mass is 9.62. The van der Waals surface area contributed by atoms with E-state index in [2.05, 4.69) is 6.08 Å². The van der Waals surface area contributed by atoms with Gasteiger partial charge in [-0.2, -0.15) is 0 Å². The third-order valence-corrected chi connectivity index (χ3v) is 4.78. The summed E-state index contributed by atoms with van der Waals surface area (Å²) in [5, 5.41) is 9.32. The molecule has 3 nitrogen and oxygen atoms in total. The highest BCUT2D eigenvalue weighted by Crippen LogP contribution is 2.54. The minimum absolute atomic E-state index is 0.258. The Morgan fingerprint density at radius 3 is 2.76 bits per heavy atom. The van der Waals surface area contributed by atoms with E-state index >= 15 is 0 Å². The minimum Gasteiger partial charge on any atom is -0.396 e. The van der Waals surface area contributed by atoms with Gasteiger partial charge in [-0.05, 0) is 37.5 Å². The van der Waals surface area contributed by atoms with Crippen molar-refractivity contribution in [1.29, 1.82) is 0 Å². The molecule has 1 saturated heterocycles.